The van der Waals surface area contributed by atoms with E-state index < -0.39 is 21.5 Å². The maximum Gasteiger partial charge on any atom is 0.226 e. The Kier molecular flexibility index (Phi) is 5.01. The molecule has 2 aromatic carbocycles. The second-order valence-electron chi connectivity index (χ2n) is 5.72. The molecular formula is C17H14F2N2O3S2. The third kappa shape index (κ3) is 4.23. The average Bonchev–Trinajstić information content (AvgIpc) is 2.96. The molecule has 3 rings (SSSR count). The first-order valence-corrected chi connectivity index (χ1v) is 10.3. The van der Waals surface area contributed by atoms with Crippen molar-refractivity contribution in [2.75, 3.05) is 11.6 Å². The molecule has 0 bridgehead atoms. The number of hydrogen-bond acceptors (Lipinski definition) is 5. The van der Waals surface area contributed by atoms with Crippen LogP contribution in [-0.4, -0.2) is 25.6 Å². The number of aromatic nitrogens is 1. The van der Waals surface area contributed by atoms with Crippen molar-refractivity contribution in [2.24, 2.45) is 0 Å². The molecule has 136 valence electrons. The molecule has 0 atom stereocenters. The van der Waals surface area contributed by atoms with Crippen LogP contribution >= 0.6 is 11.3 Å². The fourth-order valence-electron chi connectivity index (χ4n) is 2.32. The quantitative estimate of drug-likeness (QED) is 0.716. The van der Waals surface area contributed by atoms with Gasteiger partial charge in [0.05, 0.1) is 15.1 Å². The molecule has 3 aromatic rings. The topological polar surface area (TPSA) is 76.1 Å². The van der Waals surface area contributed by atoms with Crippen molar-refractivity contribution in [1.29, 1.82) is 0 Å². The van der Waals surface area contributed by atoms with Gasteiger partial charge in [0.25, 0.3) is 0 Å². The summed E-state index contributed by atoms with van der Waals surface area (Å²) in [7, 11) is -3.32. The monoisotopic (exact) mass is 396 g/mol. The summed E-state index contributed by atoms with van der Waals surface area (Å²) in [6.07, 6.45) is 1.46. The van der Waals surface area contributed by atoms with Crippen LogP contribution in [0.2, 0.25) is 0 Å². The number of fused-ring (bicyclic) bond motifs is 1. The molecule has 26 heavy (non-hydrogen) atoms. The minimum Gasteiger partial charge on any atom is -0.302 e. The molecule has 0 saturated heterocycles. The number of nitrogens with zero attached hydrogens (tertiary/aromatic N) is 1. The van der Waals surface area contributed by atoms with E-state index in [1.165, 1.54) is 18.2 Å². The van der Waals surface area contributed by atoms with E-state index in [1.807, 2.05) is 0 Å². The number of rotatable bonds is 5. The van der Waals surface area contributed by atoms with E-state index in [2.05, 4.69) is 10.3 Å². The average molecular weight is 396 g/mol. The third-order valence-corrected chi connectivity index (χ3v) is 5.70. The number of thiazole rings is 1. The summed E-state index contributed by atoms with van der Waals surface area (Å²) in [5.74, 6) is -2.20. The van der Waals surface area contributed by atoms with Crippen molar-refractivity contribution in [3.8, 4) is 0 Å². The standard InChI is InChI=1S/C17H14F2N2O3S2/c1-26(23,24)11-4-6-14-15(9-11)25-17(20-14)21-16(22)7-3-10-2-5-12(18)13(19)8-10/h2,4-6,8-9H,3,7H2,1H3,(H,20,21,22). The normalized spacial score (nSPS) is 11.7. The Morgan fingerprint density at radius 1 is 1.15 bits per heavy atom. The van der Waals surface area contributed by atoms with Gasteiger partial charge in [-0.2, -0.15) is 0 Å². The molecular weight excluding hydrogens is 382 g/mol. The Hall–Kier alpha value is -2.39. The van der Waals surface area contributed by atoms with Crippen LogP contribution in [0.15, 0.2) is 41.3 Å². The fourth-order valence-corrected chi connectivity index (χ4v) is 3.97. The van der Waals surface area contributed by atoms with Gasteiger partial charge in [-0.15, -0.1) is 0 Å². The highest BCUT2D eigenvalue weighted by molar-refractivity contribution is 7.90. The van der Waals surface area contributed by atoms with Crippen LogP contribution < -0.4 is 5.32 Å². The largest absolute Gasteiger partial charge is 0.302 e. The fraction of sp³-hybridized carbons (Fsp3) is 0.176. The Morgan fingerprint density at radius 2 is 1.92 bits per heavy atom. The molecule has 1 N–H and O–H groups in total. The first-order chi connectivity index (χ1) is 12.2. The summed E-state index contributed by atoms with van der Waals surface area (Å²) in [6.45, 7) is 0. The van der Waals surface area contributed by atoms with Crippen LogP contribution in [0.5, 0.6) is 0 Å². The van der Waals surface area contributed by atoms with Crippen LogP contribution in [0, 0.1) is 11.6 Å². The summed E-state index contributed by atoms with van der Waals surface area (Å²) in [5, 5.41) is 2.99. The van der Waals surface area contributed by atoms with Gasteiger partial charge in [0.15, 0.2) is 26.6 Å². The number of carbonyl (C=O) groups is 1. The molecule has 1 amide bonds. The number of aryl methyl sites for hydroxylation is 1. The summed E-state index contributed by atoms with van der Waals surface area (Å²) in [4.78, 5) is 16.5. The first-order valence-electron chi connectivity index (χ1n) is 7.57. The number of nitrogens with one attached hydrogen (secondary N) is 1. The summed E-state index contributed by atoms with van der Waals surface area (Å²) in [6, 6.07) is 8.07. The maximum absolute atomic E-state index is 13.2. The third-order valence-electron chi connectivity index (χ3n) is 3.66. The predicted molar refractivity (Wildman–Crippen MR) is 96.0 cm³/mol. The van der Waals surface area contributed by atoms with Crippen LogP contribution in [-0.2, 0) is 21.1 Å². The Morgan fingerprint density at radius 3 is 2.62 bits per heavy atom. The highest BCUT2D eigenvalue weighted by Gasteiger charge is 2.12. The SMILES string of the molecule is CS(=O)(=O)c1ccc2nc(NC(=O)CCc3ccc(F)c(F)c3)sc2c1. The molecule has 0 saturated carbocycles. The van der Waals surface area contributed by atoms with Gasteiger partial charge in [0.2, 0.25) is 5.91 Å². The van der Waals surface area contributed by atoms with E-state index >= 15 is 0 Å². The number of anilines is 1. The lowest BCUT2D eigenvalue weighted by Crippen LogP contribution is -2.12. The molecule has 0 aliphatic rings. The smallest absolute Gasteiger partial charge is 0.226 e. The van der Waals surface area contributed by atoms with Crippen LogP contribution in [0.1, 0.15) is 12.0 Å². The lowest BCUT2D eigenvalue weighted by atomic mass is 10.1. The molecule has 0 fully saturated rings. The summed E-state index contributed by atoms with van der Waals surface area (Å²) < 4.78 is 49.9. The highest BCUT2D eigenvalue weighted by Crippen LogP contribution is 2.28. The number of carbonyl (C=O) groups excluding carboxylic acids is 1. The second kappa shape index (κ2) is 7.08. The van der Waals surface area contributed by atoms with Crippen molar-refractivity contribution < 1.29 is 22.0 Å². The summed E-state index contributed by atoms with van der Waals surface area (Å²) in [5.41, 5.74) is 1.10. The first kappa shape index (κ1) is 18.4. The van der Waals surface area contributed by atoms with Crippen molar-refractivity contribution in [2.45, 2.75) is 17.7 Å². The molecule has 0 spiro atoms. The Bertz CT molecular complexity index is 1090. The van der Waals surface area contributed by atoms with Gasteiger partial charge in [-0.1, -0.05) is 17.4 Å². The van der Waals surface area contributed by atoms with Gasteiger partial charge in [-0.05, 0) is 42.3 Å². The van der Waals surface area contributed by atoms with Gasteiger partial charge in [-0.25, -0.2) is 22.2 Å². The summed E-state index contributed by atoms with van der Waals surface area (Å²) >= 11 is 1.16. The second-order valence-corrected chi connectivity index (χ2v) is 8.76. The van der Waals surface area contributed by atoms with Crippen LogP contribution in [0.4, 0.5) is 13.9 Å². The van der Waals surface area contributed by atoms with Gasteiger partial charge < -0.3 is 5.32 Å². The lowest BCUT2D eigenvalue weighted by molar-refractivity contribution is -0.116. The van der Waals surface area contributed by atoms with E-state index in [0.717, 1.165) is 29.7 Å². The van der Waals surface area contributed by atoms with Gasteiger partial charge in [0.1, 0.15) is 0 Å². The zero-order chi connectivity index (χ0) is 18.9. The number of hydrogen-bond donors (Lipinski definition) is 1. The lowest BCUT2D eigenvalue weighted by Gasteiger charge is -2.03. The minimum atomic E-state index is -3.32. The zero-order valence-electron chi connectivity index (χ0n) is 13.6. The number of benzene rings is 2. The molecule has 1 heterocycles. The van der Waals surface area contributed by atoms with Gasteiger partial charge >= 0.3 is 0 Å². The van der Waals surface area contributed by atoms with E-state index in [4.69, 9.17) is 0 Å². The van der Waals surface area contributed by atoms with Crippen molar-refractivity contribution >= 4 is 42.4 Å². The van der Waals surface area contributed by atoms with E-state index in [0.29, 0.717) is 20.9 Å². The van der Waals surface area contributed by atoms with E-state index in [1.54, 1.807) is 6.07 Å². The molecule has 5 nitrogen and oxygen atoms in total. The molecule has 0 aliphatic carbocycles. The Labute approximate surface area is 152 Å². The van der Waals surface area contributed by atoms with Crippen molar-refractivity contribution in [3.63, 3.8) is 0 Å². The number of sulfone groups is 1. The van der Waals surface area contributed by atoms with Crippen LogP contribution in [0.25, 0.3) is 10.2 Å². The molecule has 0 unspecified atom stereocenters. The van der Waals surface area contributed by atoms with Gasteiger partial charge in [0, 0.05) is 12.7 Å². The number of halogens is 2. The molecule has 0 aliphatic heterocycles. The Balaban J connectivity index is 1.68. The maximum atomic E-state index is 13.2. The van der Waals surface area contributed by atoms with E-state index in [-0.39, 0.29) is 23.6 Å². The van der Waals surface area contributed by atoms with Crippen molar-refractivity contribution in [1.82, 2.24) is 4.98 Å². The van der Waals surface area contributed by atoms with Gasteiger partial charge in [-0.3, -0.25) is 4.79 Å². The highest BCUT2D eigenvalue weighted by atomic mass is 32.2. The minimum absolute atomic E-state index is 0.0790. The number of amides is 1. The molecule has 1 aromatic heterocycles. The van der Waals surface area contributed by atoms with Crippen molar-refractivity contribution in [3.05, 3.63) is 53.6 Å². The molecule has 9 heteroatoms. The van der Waals surface area contributed by atoms with E-state index in [9.17, 15) is 22.0 Å². The molecule has 0 radical (unpaired) electrons. The predicted octanol–water partition coefficient (Wildman–Crippen LogP) is 3.55. The zero-order valence-corrected chi connectivity index (χ0v) is 15.3. The van der Waals surface area contributed by atoms with Crippen LogP contribution in [0.3, 0.4) is 0 Å².